The fraction of sp³-hybridized carbons (Fsp3) is 0.889. The monoisotopic (exact) mass is 174 g/mol. The number of carbonyl (C=O) groups is 1. The van der Waals surface area contributed by atoms with Gasteiger partial charge in [-0.05, 0) is 26.2 Å². The van der Waals surface area contributed by atoms with Crippen LogP contribution in [0.3, 0.4) is 0 Å². The summed E-state index contributed by atoms with van der Waals surface area (Å²) in [5, 5.41) is 9.20. The third-order valence-corrected chi connectivity index (χ3v) is 1.74. The predicted molar refractivity (Wildman–Crippen MR) is 46.8 cm³/mol. The molecule has 0 saturated heterocycles. The van der Waals surface area contributed by atoms with E-state index in [-0.39, 0.29) is 18.2 Å². The van der Waals surface area contributed by atoms with Gasteiger partial charge in [-0.25, -0.2) is 0 Å². The van der Waals surface area contributed by atoms with Gasteiger partial charge in [-0.1, -0.05) is 6.92 Å². The Kier molecular flexibility index (Phi) is 5.72. The first-order valence-corrected chi connectivity index (χ1v) is 4.41. The largest absolute Gasteiger partial charge is 0.463 e. The maximum atomic E-state index is 10.5. The van der Waals surface area contributed by atoms with Gasteiger partial charge in [0.25, 0.3) is 0 Å². The highest BCUT2D eigenvalue weighted by Gasteiger charge is 2.07. The van der Waals surface area contributed by atoms with Gasteiger partial charge in [0.15, 0.2) is 0 Å². The molecule has 1 N–H and O–H groups in total. The Morgan fingerprint density at radius 2 is 2.08 bits per heavy atom. The second-order valence-corrected chi connectivity index (χ2v) is 3.06. The van der Waals surface area contributed by atoms with E-state index >= 15 is 0 Å². The molecule has 0 amide bonds. The van der Waals surface area contributed by atoms with Crippen molar-refractivity contribution in [3.63, 3.8) is 0 Å². The normalized spacial score (nSPS) is 15.3. The molecule has 0 spiro atoms. The summed E-state index contributed by atoms with van der Waals surface area (Å²) in [6, 6.07) is 0. The van der Waals surface area contributed by atoms with Crippen molar-refractivity contribution in [3.05, 3.63) is 0 Å². The van der Waals surface area contributed by atoms with Gasteiger partial charge in [0.2, 0.25) is 0 Å². The van der Waals surface area contributed by atoms with Crippen molar-refractivity contribution in [2.75, 3.05) is 0 Å². The van der Waals surface area contributed by atoms with Crippen LogP contribution < -0.4 is 0 Å². The summed E-state index contributed by atoms with van der Waals surface area (Å²) in [5.74, 6) is -0.256. The Labute approximate surface area is 73.7 Å². The Bertz CT molecular complexity index is 134. The molecule has 2 atom stereocenters. The van der Waals surface area contributed by atoms with Crippen LogP contribution in [0.4, 0.5) is 0 Å². The third kappa shape index (κ3) is 6.16. The van der Waals surface area contributed by atoms with E-state index in [0.717, 1.165) is 12.8 Å². The zero-order valence-corrected chi connectivity index (χ0v) is 8.04. The molecule has 0 aliphatic rings. The van der Waals surface area contributed by atoms with E-state index in [9.17, 15) is 9.90 Å². The molecule has 12 heavy (non-hydrogen) atoms. The Balaban J connectivity index is 3.43. The molecule has 72 valence electrons. The second-order valence-electron chi connectivity index (χ2n) is 3.06. The molecule has 0 bridgehead atoms. The Hall–Kier alpha value is -0.570. The number of hydrogen-bond acceptors (Lipinski definition) is 3. The lowest BCUT2D eigenvalue weighted by Crippen LogP contribution is -2.15. The summed E-state index contributed by atoms with van der Waals surface area (Å²) in [4.78, 5) is 10.5. The van der Waals surface area contributed by atoms with E-state index < -0.39 is 0 Å². The van der Waals surface area contributed by atoms with Crippen LogP contribution in [-0.4, -0.2) is 23.3 Å². The highest BCUT2D eigenvalue weighted by Crippen LogP contribution is 2.06. The Morgan fingerprint density at radius 3 is 2.50 bits per heavy atom. The van der Waals surface area contributed by atoms with Gasteiger partial charge >= 0.3 is 5.97 Å². The molecule has 0 saturated carbocycles. The topological polar surface area (TPSA) is 46.5 Å². The maximum Gasteiger partial charge on any atom is 0.302 e. The zero-order valence-electron chi connectivity index (χ0n) is 8.04. The van der Waals surface area contributed by atoms with Gasteiger partial charge in [-0.15, -0.1) is 0 Å². The third-order valence-electron chi connectivity index (χ3n) is 1.74. The number of hydrogen-bond donors (Lipinski definition) is 1. The lowest BCUT2D eigenvalue weighted by molar-refractivity contribution is -0.146. The van der Waals surface area contributed by atoms with Crippen LogP contribution in [0.25, 0.3) is 0 Å². The smallest absolute Gasteiger partial charge is 0.302 e. The number of carbonyl (C=O) groups excluding carboxylic acids is 1. The molecule has 0 aromatic carbocycles. The number of rotatable bonds is 5. The summed E-state index contributed by atoms with van der Waals surface area (Å²) in [6.45, 7) is 5.16. The molecular formula is C9H18O3. The molecule has 0 rings (SSSR count). The fourth-order valence-electron chi connectivity index (χ4n) is 0.973. The average Bonchev–Trinajstić information content (AvgIpc) is 1.99. The van der Waals surface area contributed by atoms with Crippen molar-refractivity contribution in [2.24, 2.45) is 0 Å². The highest BCUT2D eigenvalue weighted by molar-refractivity contribution is 5.66. The molecule has 0 heterocycles. The number of esters is 1. The summed E-state index contributed by atoms with van der Waals surface area (Å²) in [7, 11) is 0. The van der Waals surface area contributed by atoms with Crippen molar-refractivity contribution < 1.29 is 14.6 Å². The summed E-state index contributed by atoms with van der Waals surface area (Å²) < 4.78 is 4.90. The van der Waals surface area contributed by atoms with E-state index in [1.807, 2.05) is 13.8 Å². The molecule has 3 heteroatoms. The minimum Gasteiger partial charge on any atom is -0.463 e. The van der Waals surface area contributed by atoms with E-state index in [1.54, 1.807) is 0 Å². The van der Waals surface area contributed by atoms with E-state index in [4.69, 9.17) is 4.74 Å². The molecule has 0 radical (unpaired) electrons. The maximum absolute atomic E-state index is 10.5. The molecule has 0 aromatic heterocycles. The quantitative estimate of drug-likeness (QED) is 0.642. The van der Waals surface area contributed by atoms with Crippen molar-refractivity contribution in [1.29, 1.82) is 0 Å². The molecule has 0 aliphatic carbocycles. The Morgan fingerprint density at radius 1 is 1.50 bits per heavy atom. The van der Waals surface area contributed by atoms with Crippen LogP contribution >= 0.6 is 0 Å². The van der Waals surface area contributed by atoms with Crippen LogP contribution in [0.1, 0.15) is 40.0 Å². The molecule has 2 unspecified atom stereocenters. The second kappa shape index (κ2) is 6.00. The minimum atomic E-state index is -0.261. The fourth-order valence-corrected chi connectivity index (χ4v) is 0.973. The van der Waals surface area contributed by atoms with Gasteiger partial charge in [0.05, 0.1) is 12.2 Å². The number of aliphatic hydroxyl groups excluding tert-OH is 1. The van der Waals surface area contributed by atoms with Crippen molar-refractivity contribution in [2.45, 2.75) is 52.2 Å². The van der Waals surface area contributed by atoms with Crippen LogP contribution in [0.2, 0.25) is 0 Å². The molecule has 0 aliphatic heterocycles. The molecule has 0 aromatic rings. The van der Waals surface area contributed by atoms with Crippen LogP contribution in [-0.2, 0) is 9.53 Å². The average molecular weight is 174 g/mol. The van der Waals surface area contributed by atoms with Crippen molar-refractivity contribution >= 4 is 5.97 Å². The highest BCUT2D eigenvalue weighted by atomic mass is 16.5. The minimum absolute atomic E-state index is 0.0799. The number of ether oxygens (including phenoxy) is 1. The zero-order chi connectivity index (χ0) is 9.56. The first-order valence-electron chi connectivity index (χ1n) is 4.41. The van der Waals surface area contributed by atoms with Gasteiger partial charge in [0.1, 0.15) is 0 Å². The van der Waals surface area contributed by atoms with Gasteiger partial charge in [-0.2, -0.15) is 0 Å². The molecule has 0 fully saturated rings. The predicted octanol–water partition coefficient (Wildman–Crippen LogP) is 1.49. The first kappa shape index (κ1) is 11.4. The first-order chi connectivity index (χ1) is 5.56. The summed E-state index contributed by atoms with van der Waals surface area (Å²) >= 11 is 0. The van der Waals surface area contributed by atoms with Gasteiger partial charge in [-0.3, -0.25) is 4.79 Å². The van der Waals surface area contributed by atoms with E-state index in [0.29, 0.717) is 6.42 Å². The summed E-state index contributed by atoms with van der Waals surface area (Å²) in [5.41, 5.74) is 0. The van der Waals surface area contributed by atoms with Crippen molar-refractivity contribution in [3.8, 4) is 0 Å². The van der Waals surface area contributed by atoms with E-state index in [1.165, 1.54) is 6.92 Å². The molecule has 3 nitrogen and oxygen atoms in total. The van der Waals surface area contributed by atoms with Crippen LogP contribution in [0, 0.1) is 0 Å². The number of aliphatic hydroxyl groups is 1. The van der Waals surface area contributed by atoms with Gasteiger partial charge in [0, 0.05) is 6.92 Å². The SMILES string of the molecule is CCC(O)CCC(C)OC(C)=O. The van der Waals surface area contributed by atoms with Crippen LogP contribution in [0.15, 0.2) is 0 Å². The lowest BCUT2D eigenvalue weighted by atomic mass is 10.1. The van der Waals surface area contributed by atoms with Crippen molar-refractivity contribution in [1.82, 2.24) is 0 Å². The lowest BCUT2D eigenvalue weighted by Gasteiger charge is -2.13. The van der Waals surface area contributed by atoms with E-state index in [2.05, 4.69) is 0 Å². The summed E-state index contributed by atoms with van der Waals surface area (Å²) in [6.07, 6.45) is 1.85. The molecular weight excluding hydrogens is 156 g/mol. The van der Waals surface area contributed by atoms with Crippen LogP contribution in [0.5, 0.6) is 0 Å². The van der Waals surface area contributed by atoms with Gasteiger partial charge < -0.3 is 9.84 Å². The standard InChI is InChI=1S/C9H18O3/c1-4-9(11)6-5-7(2)12-8(3)10/h7,9,11H,4-6H2,1-3H3.